The van der Waals surface area contributed by atoms with Crippen LogP contribution < -0.4 is 5.73 Å². The molecule has 0 saturated carbocycles. The van der Waals surface area contributed by atoms with Crippen LogP contribution in [0.5, 0.6) is 0 Å². The first-order valence-electron chi connectivity index (χ1n) is 6.06. The highest BCUT2D eigenvalue weighted by Crippen LogP contribution is 2.32. The number of rotatable bonds is 3. The Labute approximate surface area is 118 Å². The van der Waals surface area contributed by atoms with Crippen LogP contribution in [0.4, 0.5) is 17.6 Å². The van der Waals surface area contributed by atoms with Gasteiger partial charge in [0.1, 0.15) is 5.82 Å². The molecule has 1 aromatic carbocycles. The van der Waals surface area contributed by atoms with Gasteiger partial charge in [-0.1, -0.05) is 6.07 Å². The van der Waals surface area contributed by atoms with Gasteiger partial charge >= 0.3 is 18.0 Å². The van der Waals surface area contributed by atoms with E-state index >= 15 is 0 Å². The number of benzene rings is 1. The molecule has 0 aromatic heterocycles. The number of nitrogens with zero attached hydrogens (tertiary/aromatic N) is 1. The monoisotopic (exact) mass is 306 g/mol. The number of primary amides is 1. The zero-order valence-electron chi connectivity index (χ0n) is 11.4. The second-order valence-electron chi connectivity index (χ2n) is 4.37. The quantitative estimate of drug-likeness (QED) is 0.687. The number of carbonyl (C=O) groups excluding carboxylic acids is 2. The van der Waals surface area contributed by atoms with Crippen LogP contribution in [0.3, 0.4) is 0 Å². The highest BCUT2D eigenvalue weighted by Gasteiger charge is 2.32. The molecule has 0 fully saturated rings. The number of carbonyl (C=O) groups is 2. The normalized spacial score (nSPS) is 12.9. The van der Waals surface area contributed by atoms with Crippen molar-refractivity contribution < 1.29 is 27.2 Å². The molecular formula is C13H14F4N2O2. The summed E-state index contributed by atoms with van der Waals surface area (Å²) in [6.07, 6.45) is -4.66. The van der Waals surface area contributed by atoms with Gasteiger partial charge in [0.25, 0.3) is 0 Å². The molecule has 0 radical (unpaired) electrons. The van der Waals surface area contributed by atoms with Gasteiger partial charge in [-0.3, -0.25) is 9.59 Å². The molecule has 0 heterocycles. The topological polar surface area (TPSA) is 63.4 Å². The van der Waals surface area contributed by atoms with E-state index in [-0.39, 0.29) is 12.1 Å². The highest BCUT2D eigenvalue weighted by molar-refractivity contribution is 6.34. The van der Waals surface area contributed by atoms with E-state index in [0.717, 1.165) is 17.0 Å². The van der Waals surface area contributed by atoms with Crippen molar-refractivity contribution in [2.45, 2.75) is 26.1 Å². The third kappa shape index (κ3) is 3.71. The average Bonchev–Trinajstić information content (AvgIpc) is 2.37. The van der Waals surface area contributed by atoms with E-state index in [1.807, 2.05) is 0 Å². The van der Waals surface area contributed by atoms with Crippen LogP contribution in [0, 0.1) is 5.82 Å². The van der Waals surface area contributed by atoms with Crippen molar-refractivity contribution >= 4 is 11.8 Å². The fraction of sp³-hybridized carbons (Fsp3) is 0.385. The second kappa shape index (κ2) is 6.11. The molecule has 0 aliphatic heterocycles. The lowest BCUT2D eigenvalue weighted by molar-refractivity contribution is -0.145. The van der Waals surface area contributed by atoms with Crippen LogP contribution in [0.1, 0.15) is 31.0 Å². The van der Waals surface area contributed by atoms with Crippen LogP contribution in [0.2, 0.25) is 0 Å². The molecule has 0 aliphatic rings. The van der Waals surface area contributed by atoms with Crippen molar-refractivity contribution in [3.05, 3.63) is 35.1 Å². The van der Waals surface area contributed by atoms with Crippen LogP contribution >= 0.6 is 0 Å². The van der Waals surface area contributed by atoms with Crippen molar-refractivity contribution in [3.8, 4) is 0 Å². The Bertz CT molecular complexity index is 558. The Morgan fingerprint density at radius 3 is 2.29 bits per heavy atom. The summed E-state index contributed by atoms with van der Waals surface area (Å²) in [4.78, 5) is 23.4. The van der Waals surface area contributed by atoms with Crippen molar-refractivity contribution in [1.82, 2.24) is 4.90 Å². The van der Waals surface area contributed by atoms with Crippen LogP contribution in [-0.2, 0) is 15.8 Å². The molecule has 1 unspecified atom stereocenters. The average molecular weight is 306 g/mol. The zero-order chi connectivity index (χ0) is 16.4. The van der Waals surface area contributed by atoms with Gasteiger partial charge in [0, 0.05) is 12.1 Å². The summed E-state index contributed by atoms with van der Waals surface area (Å²) in [5.41, 5.74) is 3.62. The molecule has 0 spiro atoms. The summed E-state index contributed by atoms with van der Waals surface area (Å²) in [6.45, 7) is 3.00. The highest BCUT2D eigenvalue weighted by atomic mass is 19.4. The van der Waals surface area contributed by atoms with Gasteiger partial charge in [0.2, 0.25) is 0 Å². The first kappa shape index (κ1) is 16.9. The Hall–Kier alpha value is -2.12. The molecule has 1 atom stereocenters. The third-order valence-corrected chi connectivity index (χ3v) is 3.06. The molecule has 4 nitrogen and oxygen atoms in total. The largest absolute Gasteiger partial charge is 0.416 e. The van der Waals surface area contributed by atoms with Crippen LogP contribution in [0.15, 0.2) is 18.2 Å². The molecular weight excluding hydrogens is 292 g/mol. The first-order chi connectivity index (χ1) is 9.59. The lowest BCUT2D eigenvalue weighted by Gasteiger charge is -2.27. The van der Waals surface area contributed by atoms with Gasteiger partial charge in [-0.2, -0.15) is 13.2 Å². The smallest absolute Gasteiger partial charge is 0.361 e. The second-order valence-corrected chi connectivity index (χ2v) is 4.37. The summed E-state index contributed by atoms with van der Waals surface area (Å²) in [5, 5.41) is 0. The number of alkyl halides is 3. The maximum Gasteiger partial charge on any atom is 0.416 e. The Kier molecular flexibility index (Phi) is 4.93. The molecule has 1 aromatic rings. The minimum atomic E-state index is -4.66. The van der Waals surface area contributed by atoms with E-state index in [1.54, 1.807) is 6.92 Å². The predicted molar refractivity (Wildman–Crippen MR) is 66.4 cm³/mol. The van der Waals surface area contributed by atoms with Crippen LogP contribution in [-0.4, -0.2) is 23.3 Å². The minimum Gasteiger partial charge on any atom is -0.361 e. The first-order valence-corrected chi connectivity index (χ1v) is 6.06. The van der Waals surface area contributed by atoms with Gasteiger partial charge in [-0.15, -0.1) is 0 Å². The molecule has 116 valence electrons. The number of hydrogen-bond acceptors (Lipinski definition) is 2. The summed E-state index contributed by atoms with van der Waals surface area (Å²) < 4.78 is 51.2. The fourth-order valence-electron chi connectivity index (χ4n) is 1.95. The summed E-state index contributed by atoms with van der Waals surface area (Å²) in [5.74, 6) is -3.34. The number of likely N-dealkylation sites (N-methyl/N-ethyl adjacent to an activating group) is 1. The standard InChI is InChI=1S/C13H14F4N2O2/c1-3-19(12(21)11(18)20)7(2)9-5-4-8(6-10(9)14)13(15,16)17/h4-7H,3H2,1-2H3,(H2,18,20). The van der Waals surface area contributed by atoms with Gasteiger partial charge in [0.05, 0.1) is 11.6 Å². The lowest BCUT2D eigenvalue weighted by Crippen LogP contribution is -2.41. The van der Waals surface area contributed by atoms with Gasteiger partial charge < -0.3 is 10.6 Å². The molecule has 0 aliphatic carbocycles. The fourth-order valence-corrected chi connectivity index (χ4v) is 1.95. The summed E-state index contributed by atoms with van der Waals surface area (Å²) in [6, 6.07) is 1.10. The zero-order valence-corrected chi connectivity index (χ0v) is 11.4. The Balaban J connectivity index is 3.15. The maximum absolute atomic E-state index is 13.8. The van der Waals surface area contributed by atoms with Gasteiger partial charge in [-0.05, 0) is 26.0 Å². The molecule has 8 heteroatoms. The number of hydrogen-bond donors (Lipinski definition) is 1. The lowest BCUT2D eigenvalue weighted by atomic mass is 10.0. The van der Waals surface area contributed by atoms with Crippen LogP contribution in [0.25, 0.3) is 0 Å². The number of amides is 2. The summed E-state index contributed by atoms with van der Waals surface area (Å²) >= 11 is 0. The van der Waals surface area contributed by atoms with E-state index in [9.17, 15) is 27.2 Å². The molecule has 21 heavy (non-hydrogen) atoms. The molecule has 0 bridgehead atoms. The van der Waals surface area contributed by atoms with Gasteiger partial charge in [-0.25, -0.2) is 4.39 Å². The van der Waals surface area contributed by atoms with Gasteiger partial charge in [0.15, 0.2) is 0 Å². The van der Waals surface area contributed by atoms with Crippen molar-refractivity contribution in [1.29, 1.82) is 0 Å². The third-order valence-electron chi connectivity index (χ3n) is 3.06. The van der Waals surface area contributed by atoms with E-state index in [2.05, 4.69) is 0 Å². The summed E-state index contributed by atoms with van der Waals surface area (Å²) in [7, 11) is 0. The van der Waals surface area contributed by atoms with Crippen molar-refractivity contribution in [2.75, 3.05) is 6.54 Å². The van der Waals surface area contributed by atoms with E-state index in [4.69, 9.17) is 5.73 Å². The van der Waals surface area contributed by atoms with E-state index in [0.29, 0.717) is 6.07 Å². The predicted octanol–water partition coefficient (Wildman–Crippen LogP) is 2.24. The number of nitrogens with two attached hydrogens (primary N) is 1. The molecule has 2 amide bonds. The maximum atomic E-state index is 13.8. The van der Waals surface area contributed by atoms with Crippen molar-refractivity contribution in [2.24, 2.45) is 5.73 Å². The minimum absolute atomic E-state index is 0.0589. The molecule has 0 saturated heterocycles. The van der Waals surface area contributed by atoms with E-state index in [1.165, 1.54) is 6.92 Å². The Morgan fingerprint density at radius 1 is 1.33 bits per heavy atom. The molecule has 2 N–H and O–H groups in total. The Morgan fingerprint density at radius 2 is 1.90 bits per heavy atom. The molecule has 1 rings (SSSR count). The number of halogens is 4. The van der Waals surface area contributed by atoms with Crippen molar-refractivity contribution in [3.63, 3.8) is 0 Å². The van der Waals surface area contributed by atoms with E-state index < -0.39 is 35.4 Å². The SMILES string of the molecule is CCN(C(=O)C(N)=O)C(C)c1ccc(C(F)(F)F)cc1F.